The third kappa shape index (κ3) is 3.91. The Labute approximate surface area is 177 Å². The number of carbonyl (C=O) groups is 3. The number of carboxylic acids is 1. The minimum atomic E-state index is -4.54. The molecule has 0 bridgehead atoms. The molecule has 2 N–H and O–H groups in total. The molecule has 31 heavy (non-hydrogen) atoms. The maximum Gasteiger partial charge on any atom is 0.416 e. The highest BCUT2D eigenvalue weighted by atomic mass is 32.2. The second-order valence-corrected chi connectivity index (χ2v) is 7.53. The zero-order valence-electron chi connectivity index (χ0n) is 15.4. The highest BCUT2D eigenvalue weighted by molar-refractivity contribution is 8.18. The van der Waals surface area contributed by atoms with Crippen molar-refractivity contribution in [2.75, 3.05) is 11.4 Å². The van der Waals surface area contributed by atoms with Crippen LogP contribution in [0.4, 0.5) is 24.5 Å². The standard InChI is InChI=1S/C20H12F3N3O4S/c21-20(22,23)10-4-3-5-11(8-10)24-19-25-17(29)16(31-19)15-12-6-1-2-7-13(12)26(18(15)30)9-14(27)28/h1-8H,9H2,(H,27,28)(H,24,25,29). The van der Waals surface area contributed by atoms with E-state index in [1.807, 2.05) is 0 Å². The topological polar surface area (TPSA) is 99.1 Å². The van der Waals surface area contributed by atoms with Gasteiger partial charge in [-0.2, -0.15) is 13.2 Å². The lowest BCUT2D eigenvalue weighted by Gasteiger charge is -2.13. The lowest BCUT2D eigenvalue weighted by atomic mass is 10.1. The summed E-state index contributed by atoms with van der Waals surface area (Å²) >= 11 is 0.805. The Bertz CT molecular complexity index is 1190. The molecule has 0 spiro atoms. The number of rotatable bonds is 3. The third-order valence-corrected chi connectivity index (χ3v) is 5.45. The summed E-state index contributed by atoms with van der Waals surface area (Å²) in [5, 5.41) is 11.6. The number of hydrogen-bond donors (Lipinski definition) is 2. The Morgan fingerprint density at radius 2 is 1.87 bits per heavy atom. The monoisotopic (exact) mass is 447 g/mol. The van der Waals surface area contributed by atoms with Crippen LogP contribution in [0.15, 0.2) is 58.4 Å². The molecule has 2 amide bonds. The first-order valence-electron chi connectivity index (χ1n) is 8.77. The molecule has 0 unspecified atom stereocenters. The van der Waals surface area contributed by atoms with Gasteiger partial charge in [-0.15, -0.1) is 0 Å². The zero-order chi connectivity index (χ0) is 22.3. The Balaban J connectivity index is 1.72. The molecule has 0 saturated carbocycles. The van der Waals surface area contributed by atoms with Gasteiger partial charge in [-0.3, -0.25) is 19.3 Å². The number of alkyl halides is 3. The van der Waals surface area contributed by atoms with Crippen LogP contribution >= 0.6 is 11.8 Å². The summed E-state index contributed by atoms with van der Waals surface area (Å²) in [4.78, 5) is 41.7. The van der Waals surface area contributed by atoms with Crippen LogP contribution in [0, 0.1) is 0 Å². The predicted molar refractivity (Wildman–Crippen MR) is 108 cm³/mol. The minimum absolute atomic E-state index is 0.00364. The van der Waals surface area contributed by atoms with Gasteiger partial charge in [-0.25, -0.2) is 4.99 Å². The smallest absolute Gasteiger partial charge is 0.416 e. The second-order valence-electron chi connectivity index (χ2n) is 6.53. The maximum absolute atomic E-state index is 12.9. The van der Waals surface area contributed by atoms with E-state index in [4.69, 9.17) is 5.11 Å². The summed E-state index contributed by atoms with van der Waals surface area (Å²) in [6.07, 6.45) is -4.54. The minimum Gasteiger partial charge on any atom is -0.480 e. The van der Waals surface area contributed by atoms with E-state index in [1.54, 1.807) is 24.3 Å². The van der Waals surface area contributed by atoms with Gasteiger partial charge in [0.2, 0.25) is 0 Å². The van der Waals surface area contributed by atoms with E-state index < -0.39 is 36.1 Å². The number of amidine groups is 1. The van der Waals surface area contributed by atoms with Gasteiger partial charge < -0.3 is 10.4 Å². The van der Waals surface area contributed by atoms with E-state index in [0.29, 0.717) is 11.3 Å². The highest BCUT2D eigenvalue weighted by Gasteiger charge is 2.40. The molecule has 0 atom stereocenters. The maximum atomic E-state index is 12.9. The van der Waals surface area contributed by atoms with Crippen molar-refractivity contribution >= 4 is 51.7 Å². The number of carbonyl (C=O) groups excluding carboxylic acids is 2. The molecule has 2 aromatic carbocycles. The number of para-hydroxylation sites is 1. The molecule has 1 saturated heterocycles. The number of benzene rings is 2. The van der Waals surface area contributed by atoms with Crippen LogP contribution in [-0.2, 0) is 20.6 Å². The molecule has 1 fully saturated rings. The number of halogens is 3. The van der Waals surface area contributed by atoms with Crippen molar-refractivity contribution in [3.63, 3.8) is 0 Å². The van der Waals surface area contributed by atoms with Gasteiger partial charge in [0.1, 0.15) is 6.54 Å². The van der Waals surface area contributed by atoms with Crippen molar-refractivity contribution in [2.24, 2.45) is 4.99 Å². The Hall–Kier alpha value is -3.60. The van der Waals surface area contributed by atoms with Gasteiger partial charge in [-0.1, -0.05) is 24.3 Å². The Morgan fingerprint density at radius 1 is 1.13 bits per heavy atom. The van der Waals surface area contributed by atoms with Gasteiger partial charge in [0, 0.05) is 5.56 Å². The van der Waals surface area contributed by atoms with Crippen LogP contribution in [0.2, 0.25) is 0 Å². The van der Waals surface area contributed by atoms with Crippen molar-refractivity contribution in [3.8, 4) is 0 Å². The number of carboxylic acid groups (broad SMARTS) is 1. The molecular formula is C20H12F3N3O4S. The van der Waals surface area contributed by atoms with Crippen molar-refractivity contribution in [1.82, 2.24) is 5.32 Å². The SMILES string of the molecule is O=C(O)CN1C(=O)C(=C2SC(=Nc3cccc(C(F)(F)F)c3)NC2=O)c2ccccc21. The number of aliphatic imine (C=N–C) groups is 1. The highest BCUT2D eigenvalue weighted by Crippen LogP contribution is 2.42. The molecule has 2 heterocycles. The molecule has 0 aliphatic carbocycles. The second kappa shape index (κ2) is 7.58. The van der Waals surface area contributed by atoms with E-state index in [1.165, 1.54) is 12.1 Å². The van der Waals surface area contributed by atoms with E-state index >= 15 is 0 Å². The lowest BCUT2D eigenvalue weighted by Crippen LogP contribution is -2.32. The largest absolute Gasteiger partial charge is 0.480 e. The van der Waals surface area contributed by atoms with Crippen LogP contribution in [0.5, 0.6) is 0 Å². The Kier molecular flexibility index (Phi) is 5.05. The van der Waals surface area contributed by atoms with E-state index in [9.17, 15) is 27.6 Å². The summed E-state index contributed by atoms with van der Waals surface area (Å²) < 4.78 is 38.7. The van der Waals surface area contributed by atoms with Gasteiger partial charge in [0.05, 0.1) is 27.4 Å². The van der Waals surface area contributed by atoms with Gasteiger partial charge >= 0.3 is 12.1 Å². The molecule has 2 aromatic rings. The summed E-state index contributed by atoms with van der Waals surface area (Å²) in [5.74, 6) is -2.52. The molecule has 7 nitrogen and oxygen atoms in total. The van der Waals surface area contributed by atoms with Crippen LogP contribution in [0.3, 0.4) is 0 Å². The quantitative estimate of drug-likeness (QED) is 0.703. The normalized spacial score (nSPS) is 19.7. The number of anilines is 1. The van der Waals surface area contributed by atoms with E-state index in [2.05, 4.69) is 10.3 Å². The van der Waals surface area contributed by atoms with E-state index in [0.717, 1.165) is 28.8 Å². The van der Waals surface area contributed by atoms with Crippen LogP contribution < -0.4 is 10.2 Å². The molecule has 2 aliphatic heterocycles. The number of hydrogen-bond acceptors (Lipinski definition) is 5. The number of fused-ring (bicyclic) bond motifs is 1. The predicted octanol–water partition coefficient (Wildman–Crippen LogP) is 3.40. The van der Waals surface area contributed by atoms with E-state index in [-0.39, 0.29) is 21.3 Å². The molecule has 2 aliphatic rings. The fraction of sp³-hybridized carbons (Fsp3) is 0.100. The van der Waals surface area contributed by atoms with Crippen molar-refractivity contribution in [3.05, 3.63) is 64.6 Å². The fourth-order valence-corrected chi connectivity index (χ4v) is 4.13. The van der Waals surface area contributed by atoms with Gasteiger partial charge in [0.15, 0.2) is 5.17 Å². The fourth-order valence-electron chi connectivity index (χ4n) is 3.20. The first-order chi connectivity index (χ1) is 14.6. The summed E-state index contributed by atoms with van der Waals surface area (Å²) in [6, 6.07) is 10.7. The van der Waals surface area contributed by atoms with Crippen molar-refractivity contribution in [1.29, 1.82) is 0 Å². The molecule has 158 valence electrons. The molecule has 4 rings (SSSR count). The molecular weight excluding hydrogens is 435 g/mol. The average molecular weight is 447 g/mol. The third-order valence-electron chi connectivity index (χ3n) is 4.47. The van der Waals surface area contributed by atoms with Crippen LogP contribution in [0.25, 0.3) is 5.57 Å². The van der Waals surface area contributed by atoms with Crippen molar-refractivity contribution in [2.45, 2.75) is 6.18 Å². The first-order valence-corrected chi connectivity index (χ1v) is 9.59. The summed E-state index contributed by atoms with van der Waals surface area (Å²) in [7, 11) is 0. The molecule has 0 radical (unpaired) electrons. The number of nitrogens with one attached hydrogen (secondary N) is 1. The lowest BCUT2D eigenvalue weighted by molar-refractivity contribution is -0.137. The Morgan fingerprint density at radius 3 is 2.58 bits per heavy atom. The first kappa shape index (κ1) is 20.7. The number of amides is 2. The van der Waals surface area contributed by atoms with Crippen molar-refractivity contribution < 1.29 is 32.7 Å². The molecule has 0 aromatic heterocycles. The van der Waals surface area contributed by atoms with Crippen LogP contribution in [-0.4, -0.2) is 34.6 Å². The van der Waals surface area contributed by atoms with Crippen LogP contribution in [0.1, 0.15) is 11.1 Å². The summed E-state index contributed by atoms with van der Waals surface area (Å²) in [5.41, 5.74) is -0.129. The van der Waals surface area contributed by atoms with Gasteiger partial charge in [-0.05, 0) is 36.0 Å². The number of nitrogens with zero attached hydrogens (tertiary/aromatic N) is 2. The molecule has 11 heteroatoms. The van der Waals surface area contributed by atoms with Gasteiger partial charge in [0.25, 0.3) is 11.8 Å². The number of thioether (sulfide) groups is 1. The zero-order valence-corrected chi connectivity index (χ0v) is 16.3. The average Bonchev–Trinajstić information content (AvgIpc) is 3.18. The summed E-state index contributed by atoms with van der Waals surface area (Å²) in [6.45, 7) is -0.579. The number of aliphatic carboxylic acids is 1.